The van der Waals surface area contributed by atoms with Crippen LogP contribution in [0.2, 0.25) is 0 Å². The molecule has 0 aliphatic heterocycles. The fourth-order valence-corrected chi connectivity index (χ4v) is 2.14. The molecule has 0 unspecified atom stereocenters. The first-order valence-electron chi connectivity index (χ1n) is 4.05. The zero-order chi connectivity index (χ0) is 10.9. The molecule has 78 valence electrons. The van der Waals surface area contributed by atoms with E-state index >= 15 is 0 Å². The molecule has 1 aromatic carbocycles. The van der Waals surface area contributed by atoms with Crippen molar-refractivity contribution in [2.75, 3.05) is 7.11 Å². The Kier molecular flexibility index (Phi) is 2.82. The number of rotatable bonds is 2. The van der Waals surface area contributed by atoms with Crippen LogP contribution >= 0.6 is 0 Å². The van der Waals surface area contributed by atoms with Crippen molar-refractivity contribution in [3.63, 3.8) is 0 Å². The highest BCUT2D eigenvalue weighted by molar-refractivity contribution is 7.89. The van der Waals surface area contributed by atoms with Gasteiger partial charge in [-0.05, 0) is 37.1 Å². The summed E-state index contributed by atoms with van der Waals surface area (Å²) in [6, 6.07) is 3.05. The maximum absolute atomic E-state index is 11.1. The molecule has 0 fully saturated rings. The normalized spacial score (nSPS) is 11.4. The number of primary sulfonamides is 1. The Bertz CT molecular complexity index is 451. The summed E-state index contributed by atoms with van der Waals surface area (Å²) in [5.41, 5.74) is 1.42. The second kappa shape index (κ2) is 3.59. The smallest absolute Gasteiger partial charge is 0.238 e. The predicted molar refractivity (Wildman–Crippen MR) is 53.8 cm³/mol. The number of sulfonamides is 1. The van der Waals surface area contributed by atoms with E-state index in [1.165, 1.54) is 6.07 Å². The van der Waals surface area contributed by atoms with Crippen molar-refractivity contribution in [3.05, 3.63) is 23.3 Å². The van der Waals surface area contributed by atoms with E-state index in [0.717, 1.165) is 5.56 Å². The van der Waals surface area contributed by atoms with Crippen LogP contribution in [-0.4, -0.2) is 15.5 Å². The first kappa shape index (κ1) is 11.0. The summed E-state index contributed by atoms with van der Waals surface area (Å²) in [6.45, 7) is 3.50. The molecule has 0 bridgehead atoms. The minimum absolute atomic E-state index is 0.149. The Labute approximate surface area is 83.7 Å². The summed E-state index contributed by atoms with van der Waals surface area (Å²) in [7, 11) is -2.10. The first-order valence-corrected chi connectivity index (χ1v) is 5.59. The van der Waals surface area contributed by atoms with E-state index in [-0.39, 0.29) is 4.90 Å². The molecule has 0 saturated carbocycles. The average Bonchev–Trinajstić information content (AvgIpc) is 2.07. The minimum atomic E-state index is -3.64. The molecular formula is C9H13NO3S. The number of ether oxygens (including phenoxy) is 1. The second-order valence-corrected chi connectivity index (χ2v) is 4.59. The van der Waals surface area contributed by atoms with Gasteiger partial charge in [0.25, 0.3) is 0 Å². The molecule has 0 saturated heterocycles. The van der Waals surface area contributed by atoms with Crippen LogP contribution in [0.3, 0.4) is 0 Å². The lowest BCUT2D eigenvalue weighted by Gasteiger charge is -2.10. The molecule has 0 aliphatic rings. The maximum atomic E-state index is 11.1. The quantitative estimate of drug-likeness (QED) is 0.798. The zero-order valence-corrected chi connectivity index (χ0v) is 9.18. The van der Waals surface area contributed by atoms with Crippen LogP contribution in [0.5, 0.6) is 5.75 Å². The van der Waals surface area contributed by atoms with E-state index < -0.39 is 10.0 Å². The highest BCUT2D eigenvalue weighted by Crippen LogP contribution is 2.25. The summed E-state index contributed by atoms with van der Waals surface area (Å²) in [5.74, 6) is 0.662. The molecule has 0 aromatic heterocycles. The van der Waals surface area contributed by atoms with Gasteiger partial charge in [-0.2, -0.15) is 0 Å². The van der Waals surface area contributed by atoms with E-state index in [0.29, 0.717) is 11.3 Å². The summed E-state index contributed by atoms with van der Waals surface area (Å²) < 4.78 is 27.3. The van der Waals surface area contributed by atoms with E-state index in [2.05, 4.69) is 0 Å². The van der Waals surface area contributed by atoms with Gasteiger partial charge in [0, 0.05) is 0 Å². The lowest BCUT2D eigenvalue weighted by atomic mass is 10.1. The number of nitrogens with two attached hydrogens (primary N) is 1. The van der Waals surface area contributed by atoms with Gasteiger partial charge >= 0.3 is 0 Å². The van der Waals surface area contributed by atoms with Crippen molar-refractivity contribution < 1.29 is 13.2 Å². The standard InChI is InChI=1S/C9H13NO3S/c1-6-7(2)9(14(10,11)12)5-4-8(6)13-3/h4-5H,1-3H3,(H2,10,11,12). The van der Waals surface area contributed by atoms with Crippen LogP contribution in [0.15, 0.2) is 17.0 Å². The van der Waals surface area contributed by atoms with Crippen LogP contribution < -0.4 is 9.88 Å². The topological polar surface area (TPSA) is 69.4 Å². The zero-order valence-electron chi connectivity index (χ0n) is 8.37. The predicted octanol–water partition coefficient (Wildman–Crippen LogP) is 0.959. The Morgan fingerprint density at radius 2 is 1.79 bits per heavy atom. The number of hydrogen-bond acceptors (Lipinski definition) is 3. The van der Waals surface area contributed by atoms with Crippen molar-refractivity contribution in [2.45, 2.75) is 18.7 Å². The van der Waals surface area contributed by atoms with E-state index in [1.54, 1.807) is 27.0 Å². The third-order valence-corrected chi connectivity index (χ3v) is 3.27. The molecule has 0 aliphatic carbocycles. The van der Waals surface area contributed by atoms with Crippen molar-refractivity contribution in [3.8, 4) is 5.75 Å². The van der Waals surface area contributed by atoms with Gasteiger partial charge in [-0.25, -0.2) is 13.6 Å². The summed E-state index contributed by atoms with van der Waals surface area (Å²) >= 11 is 0. The van der Waals surface area contributed by atoms with Gasteiger partial charge in [0.15, 0.2) is 0 Å². The minimum Gasteiger partial charge on any atom is -0.496 e. The summed E-state index contributed by atoms with van der Waals surface area (Å²) in [6.07, 6.45) is 0. The fraction of sp³-hybridized carbons (Fsp3) is 0.333. The Balaban J connectivity index is 3.47. The lowest BCUT2D eigenvalue weighted by molar-refractivity contribution is 0.410. The van der Waals surface area contributed by atoms with Crippen LogP contribution in [0.4, 0.5) is 0 Å². The highest BCUT2D eigenvalue weighted by atomic mass is 32.2. The molecule has 5 heteroatoms. The first-order chi connectivity index (χ1) is 6.38. The largest absolute Gasteiger partial charge is 0.496 e. The molecule has 1 rings (SSSR count). The van der Waals surface area contributed by atoms with Gasteiger partial charge in [-0.15, -0.1) is 0 Å². The van der Waals surface area contributed by atoms with Crippen molar-refractivity contribution in [2.24, 2.45) is 5.14 Å². The Morgan fingerprint density at radius 1 is 1.21 bits per heavy atom. The van der Waals surface area contributed by atoms with Gasteiger partial charge in [-0.3, -0.25) is 0 Å². The second-order valence-electron chi connectivity index (χ2n) is 3.06. The van der Waals surface area contributed by atoms with E-state index in [4.69, 9.17) is 9.88 Å². The molecule has 0 spiro atoms. The molecule has 14 heavy (non-hydrogen) atoms. The molecule has 2 N–H and O–H groups in total. The summed E-state index contributed by atoms with van der Waals surface area (Å²) in [5, 5.41) is 5.05. The van der Waals surface area contributed by atoms with Gasteiger partial charge in [-0.1, -0.05) is 0 Å². The lowest BCUT2D eigenvalue weighted by Crippen LogP contribution is -2.14. The number of methoxy groups -OCH3 is 1. The molecule has 0 amide bonds. The number of benzene rings is 1. The SMILES string of the molecule is COc1ccc(S(N)(=O)=O)c(C)c1C. The molecule has 4 nitrogen and oxygen atoms in total. The Hall–Kier alpha value is -1.07. The van der Waals surface area contributed by atoms with Gasteiger partial charge < -0.3 is 4.74 Å². The average molecular weight is 215 g/mol. The molecule has 0 atom stereocenters. The van der Waals surface area contributed by atoms with Crippen LogP contribution in [0.1, 0.15) is 11.1 Å². The molecule has 1 aromatic rings. The number of hydrogen-bond donors (Lipinski definition) is 1. The molecular weight excluding hydrogens is 202 g/mol. The maximum Gasteiger partial charge on any atom is 0.238 e. The van der Waals surface area contributed by atoms with Crippen LogP contribution in [0, 0.1) is 13.8 Å². The van der Waals surface area contributed by atoms with E-state index in [9.17, 15) is 8.42 Å². The molecule has 0 heterocycles. The monoisotopic (exact) mass is 215 g/mol. The van der Waals surface area contributed by atoms with Gasteiger partial charge in [0.1, 0.15) is 5.75 Å². The summed E-state index contributed by atoms with van der Waals surface area (Å²) in [4.78, 5) is 0.149. The highest BCUT2D eigenvalue weighted by Gasteiger charge is 2.14. The van der Waals surface area contributed by atoms with Crippen molar-refractivity contribution in [1.82, 2.24) is 0 Å². The van der Waals surface area contributed by atoms with Crippen LogP contribution in [-0.2, 0) is 10.0 Å². The molecule has 0 radical (unpaired) electrons. The van der Waals surface area contributed by atoms with Crippen molar-refractivity contribution >= 4 is 10.0 Å². The van der Waals surface area contributed by atoms with Gasteiger partial charge in [0.05, 0.1) is 12.0 Å². The third-order valence-electron chi connectivity index (χ3n) is 2.21. The van der Waals surface area contributed by atoms with Crippen molar-refractivity contribution in [1.29, 1.82) is 0 Å². The van der Waals surface area contributed by atoms with Crippen LogP contribution in [0.25, 0.3) is 0 Å². The Morgan fingerprint density at radius 3 is 2.21 bits per heavy atom. The fourth-order valence-electron chi connectivity index (χ4n) is 1.30. The van der Waals surface area contributed by atoms with Gasteiger partial charge in [0.2, 0.25) is 10.0 Å². The third kappa shape index (κ3) is 1.88. The van der Waals surface area contributed by atoms with E-state index in [1.807, 2.05) is 0 Å².